The van der Waals surface area contributed by atoms with E-state index < -0.39 is 0 Å². The van der Waals surface area contributed by atoms with Crippen LogP contribution in [0.5, 0.6) is 0 Å². The molecular weight excluding hydrogens is 631 g/mol. The second-order valence-electron chi connectivity index (χ2n) is 12.4. The Kier molecular flexibility index (Phi) is 6.64. The number of hydrogen-bond acceptors (Lipinski definition) is 5. The molecule has 5 heteroatoms. The van der Waals surface area contributed by atoms with Gasteiger partial charge in [0, 0.05) is 47.6 Å². The fourth-order valence-electron chi connectivity index (χ4n) is 6.89. The summed E-state index contributed by atoms with van der Waals surface area (Å²) in [7, 11) is 0. The van der Waals surface area contributed by atoms with Gasteiger partial charge < -0.3 is 4.42 Å². The maximum absolute atomic E-state index is 6.13. The zero-order chi connectivity index (χ0) is 33.0. The third-order valence-electron chi connectivity index (χ3n) is 9.36. The van der Waals surface area contributed by atoms with Gasteiger partial charge in [0.15, 0.2) is 17.5 Å². The highest BCUT2D eigenvalue weighted by Gasteiger charge is 2.18. The van der Waals surface area contributed by atoms with E-state index in [4.69, 9.17) is 19.4 Å². The summed E-state index contributed by atoms with van der Waals surface area (Å²) in [4.78, 5) is 15.3. The second-order valence-corrected chi connectivity index (χ2v) is 13.5. The smallest absolute Gasteiger partial charge is 0.164 e. The standard InChI is InChI=1S/C45H27N3OS/c1-3-10-28(11-4-1)29-18-20-30(21-19-29)32-23-25-40-37(26-32)42-35(15-9-17-41(42)50-40)45-47-43(31-12-5-2-6-13-31)46-44(48-45)33-22-24-39-36(27-33)34-14-7-8-16-38(34)49-39/h1-27H. The van der Waals surface area contributed by atoms with E-state index in [9.17, 15) is 0 Å². The lowest BCUT2D eigenvalue weighted by molar-refractivity contribution is 0.669. The molecule has 0 bridgehead atoms. The number of nitrogens with zero attached hydrogens (tertiary/aromatic N) is 3. The molecule has 10 rings (SSSR count). The first-order valence-corrected chi connectivity index (χ1v) is 17.4. The minimum absolute atomic E-state index is 0.622. The van der Waals surface area contributed by atoms with Gasteiger partial charge in [-0.15, -0.1) is 11.3 Å². The Morgan fingerprint density at radius 1 is 0.360 bits per heavy atom. The van der Waals surface area contributed by atoms with Crippen LogP contribution in [0, 0.1) is 0 Å². The summed E-state index contributed by atoms with van der Waals surface area (Å²) in [6.45, 7) is 0. The van der Waals surface area contributed by atoms with E-state index in [-0.39, 0.29) is 0 Å². The number of para-hydroxylation sites is 1. The molecule has 0 atom stereocenters. The molecule has 0 N–H and O–H groups in total. The van der Waals surface area contributed by atoms with Crippen LogP contribution in [0.4, 0.5) is 0 Å². The zero-order valence-electron chi connectivity index (χ0n) is 26.7. The molecule has 0 unspecified atom stereocenters. The Morgan fingerprint density at radius 3 is 1.74 bits per heavy atom. The highest BCUT2D eigenvalue weighted by Crippen LogP contribution is 2.42. The number of fused-ring (bicyclic) bond motifs is 6. The van der Waals surface area contributed by atoms with Crippen molar-refractivity contribution in [1.29, 1.82) is 0 Å². The second kappa shape index (κ2) is 11.6. The Balaban J connectivity index is 1.14. The minimum Gasteiger partial charge on any atom is -0.456 e. The number of benzene rings is 7. The third-order valence-corrected chi connectivity index (χ3v) is 10.5. The van der Waals surface area contributed by atoms with Gasteiger partial charge in [-0.3, -0.25) is 0 Å². The first kappa shape index (κ1) is 28.6. The quantitative estimate of drug-likeness (QED) is 0.185. The van der Waals surface area contributed by atoms with Crippen LogP contribution in [0.3, 0.4) is 0 Å². The van der Waals surface area contributed by atoms with Crippen molar-refractivity contribution < 1.29 is 4.42 Å². The van der Waals surface area contributed by atoms with Crippen molar-refractivity contribution in [2.45, 2.75) is 0 Å². The summed E-state index contributed by atoms with van der Waals surface area (Å²) >= 11 is 1.80. The molecule has 0 saturated carbocycles. The maximum Gasteiger partial charge on any atom is 0.164 e. The van der Waals surface area contributed by atoms with Crippen molar-refractivity contribution in [3.8, 4) is 56.4 Å². The van der Waals surface area contributed by atoms with Crippen molar-refractivity contribution in [1.82, 2.24) is 15.0 Å². The zero-order valence-corrected chi connectivity index (χ0v) is 27.6. The van der Waals surface area contributed by atoms with Gasteiger partial charge in [0.2, 0.25) is 0 Å². The van der Waals surface area contributed by atoms with Gasteiger partial charge in [-0.2, -0.15) is 0 Å². The molecule has 50 heavy (non-hydrogen) atoms. The molecule has 0 aliphatic rings. The predicted octanol–water partition coefficient (Wildman–Crippen LogP) is 12.5. The van der Waals surface area contributed by atoms with Crippen molar-refractivity contribution in [3.63, 3.8) is 0 Å². The summed E-state index contributed by atoms with van der Waals surface area (Å²) in [6, 6.07) is 57.0. The van der Waals surface area contributed by atoms with Gasteiger partial charge in [0.1, 0.15) is 11.2 Å². The molecule has 0 aliphatic carbocycles. The van der Waals surface area contributed by atoms with Crippen molar-refractivity contribution in [2.75, 3.05) is 0 Å². The van der Waals surface area contributed by atoms with Gasteiger partial charge in [-0.05, 0) is 64.7 Å². The number of aromatic nitrogens is 3. The van der Waals surface area contributed by atoms with Crippen LogP contribution < -0.4 is 0 Å². The number of hydrogen-bond donors (Lipinski definition) is 0. The van der Waals surface area contributed by atoms with Crippen LogP contribution in [-0.2, 0) is 0 Å². The molecule has 7 aromatic carbocycles. The Hall–Kier alpha value is -6.43. The first-order valence-electron chi connectivity index (χ1n) is 16.6. The number of thiophene rings is 1. The molecular formula is C45H27N3OS. The molecule has 0 spiro atoms. The fourth-order valence-corrected chi connectivity index (χ4v) is 8.00. The average Bonchev–Trinajstić information content (AvgIpc) is 3.76. The maximum atomic E-state index is 6.13. The molecule has 0 amide bonds. The lowest BCUT2D eigenvalue weighted by Gasteiger charge is -2.10. The van der Waals surface area contributed by atoms with Crippen LogP contribution in [0.25, 0.3) is 98.5 Å². The molecule has 4 nitrogen and oxygen atoms in total. The average molecular weight is 658 g/mol. The number of furan rings is 1. The molecule has 3 aromatic heterocycles. The summed E-state index contributed by atoms with van der Waals surface area (Å²) < 4.78 is 8.55. The SMILES string of the molecule is c1ccc(-c2ccc(-c3ccc4sc5cccc(-c6nc(-c7ccccc7)nc(-c7ccc8oc9ccccc9c8c7)n6)c5c4c3)cc2)cc1. The largest absolute Gasteiger partial charge is 0.456 e. The van der Waals surface area contributed by atoms with Crippen molar-refractivity contribution in [3.05, 3.63) is 164 Å². The van der Waals surface area contributed by atoms with E-state index in [2.05, 4.69) is 103 Å². The topological polar surface area (TPSA) is 51.8 Å². The molecule has 0 radical (unpaired) electrons. The molecule has 0 saturated heterocycles. The van der Waals surface area contributed by atoms with E-state index in [0.29, 0.717) is 17.5 Å². The first-order chi connectivity index (χ1) is 24.7. The van der Waals surface area contributed by atoms with E-state index >= 15 is 0 Å². The minimum atomic E-state index is 0.622. The molecule has 234 valence electrons. The monoisotopic (exact) mass is 657 g/mol. The lowest BCUT2D eigenvalue weighted by Crippen LogP contribution is -2.00. The predicted molar refractivity (Wildman–Crippen MR) is 207 cm³/mol. The van der Waals surface area contributed by atoms with Crippen LogP contribution in [0.2, 0.25) is 0 Å². The van der Waals surface area contributed by atoms with E-state index in [0.717, 1.165) is 44.0 Å². The Morgan fingerprint density at radius 2 is 0.940 bits per heavy atom. The highest BCUT2D eigenvalue weighted by atomic mass is 32.1. The van der Waals surface area contributed by atoms with Crippen LogP contribution in [0.1, 0.15) is 0 Å². The molecule has 10 aromatic rings. The van der Waals surface area contributed by atoms with Crippen LogP contribution >= 0.6 is 11.3 Å². The van der Waals surface area contributed by atoms with Crippen LogP contribution in [-0.4, -0.2) is 15.0 Å². The van der Waals surface area contributed by atoms with E-state index in [1.54, 1.807) is 11.3 Å². The van der Waals surface area contributed by atoms with Crippen molar-refractivity contribution >= 4 is 53.4 Å². The van der Waals surface area contributed by atoms with Crippen molar-refractivity contribution in [2.24, 2.45) is 0 Å². The van der Waals surface area contributed by atoms with E-state index in [1.807, 2.05) is 60.7 Å². The fraction of sp³-hybridized carbons (Fsp3) is 0. The third kappa shape index (κ3) is 4.87. The summed E-state index contributed by atoms with van der Waals surface area (Å²) in [5.41, 5.74) is 9.32. The Labute approximate surface area is 292 Å². The Bertz CT molecular complexity index is 2860. The molecule has 3 heterocycles. The molecule has 0 aliphatic heterocycles. The van der Waals surface area contributed by atoms with Crippen LogP contribution in [0.15, 0.2) is 168 Å². The van der Waals surface area contributed by atoms with Gasteiger partial charge in [-0.1, -0.05) is 121 Å². The normalized spacial score (nSPS) is 11.6. The summed E-state index contributed by atoms with van der Waals surface area (Å²) in [5.74, 6) is 1.91. The van der Waals surface area contributed by atoms with Gasteiger partial charge in [0.25, 0.3) is 0 Å². The summed E-state index contributed by atoms with van der Waals surface area (Å²) in [5, 5.41) is 4.46. The summed E-state index contributed by atoms with van der Waals surface area (Å²) in [6.07, 6.45) is 0. The lowest BCUT2D eigenvalue weighted by atomic mass is 9.98. The highest BCUT2D eigenvalue weighted by molar-refractivity contribution is 7.26. The molecule has 0 fully saturated rings. The van der Waals surface area contributed by atoms with Gasteiger partial charge in [0.05, 0.1) is 0 Å². The number of rotatable bonds is 5. The van der Waals surface area contributed by atoms with E-state index in [1.165, 1.54) is 37.0 Å². The van der Waals surface area contributed by atoms with Gasteiger partial charge >= 0.3 is 0 Å². The van der Waals surface area contributed by atoms with Gasteiger partial charge in [-0.25, -0.2) is 15.0 Å².